The fraction of sp³-hybridized carbons (Fsp3) is 0.400. The van der Waals surface area contributed by atoms with Gasteiger partial charge in [0.25, 0.3) is 5.91 Å². The zero-order valence-electron chi connectivity index (χ0n) is 16.1. The number of hydrogen-bond acceptors (Lipinski definition) is 8. The van der Waals surface area contributed by atoms with Crippen LogP contribution < -0.4 is 20.6 Å². The molecule has 1 aliphatic rings. The maximum Gasteiger partial charge on any atom is 0.255 e. The average Bonchev–Trinajstić information content (AvgIpc) is 3.17. The summed E-state index contributed by atoms with van der Waals surface area (Å²) in [5, 5.41) is 0.698. The predicted molar refractivity (Wildman–Crippen MR) is 104 cm³/mol. The topological polar surface area (TPSA) is 117 Å². The van der Waals surface area contributed by atoms with E-state index < -0.39 is 5.91 Å². The molecule has 4 rings (SSSR count). The van der Waals surface area contributed by atoms with Gasteiger partial charge >= 0.3 is 0 Å². The quantitative estimate of drug-likeness (QED) is 0.631. The zero-order chi connectivity index (χ0) is 20.4. The molecule has 29 heavy (non-hydrogen) atoms. The van der Waals surface area contributed by atoms with Gasteiger partial charge in [-0.3, -0.25) is 14.5 Å². The van der Waals surface area contributed by atoms with Crippen LogP contribution in [0.3, 0.4) is 0 Å². The van der Waals surface area contributed by atoms with E-state index in [1.807, 2.05) is 0 Å². The van der Waals surface area contributed by atoms with Crippen LogP contribution in [0.2, 0.25) is 0 Å². The van der Waals surface area contributed by atoms with Gasteiger partial charge < -0.3 is 28.8 Å². The Labute approximate surface area is 165 Å². The number of morpholine rings is 1. The maximum absolute atomic E-state index is 12.7. The van der Waals surface area contributed by atoms with E-state index in [0.29, 0.717) is 48.8 Å². The van der Waals surface area contributed by atoms with E-state index in [4.69, 9.17) is 28.8 Å². The highest BCUT2D eigenvalue weighted by Gasteiger charge is 2.24. The molecule has 154 valence electrons. The number of carbonyl (C=O) groups excluding carboxylic acids is 1. The normalized spacial score (nSPS) is 15.1. The van der Waals surface area contributed by atoms with Crippen molar-refractivity contribution in [1.29, 1.82) is 0 Å². The van der Waals surface area contributed by atoms with Gasteiger partial charge in [0.05, 0.1) is 24.9 Å². The minimum atomic E-state index is -0.655. The van der Waals surface area contributed by atoms with Crippen molar-refractivity contribution in [3.63, 3.8) is 0 Å². The summed E-state index contributed by atoms with van der Waals surface area (Å²) in [6, 6.07) is 3.02. The second kappa shape index (κ2) is 8.14. The largest absolute Gasteiger partial charge is 0.485 e. The van der Waals surface area contributed by atoms with Crippen LogP contribution in [0, 0.1) is 6.92 Å². The average molecular weight is 402 g/mol. The van der Waals surface area contributed by atoms with Gasteiger partial charge in [-0.2, -0.15) is 0 Å². The summed E-state index contributed by atoms with van der Waals surface area (Å²) < 4.78 is 28.4. The molecule has 1 aromatic carbocycles. The lowest BCUT2D eigenvalue weighted by atomic mass is 10.1. The van der Waals surface area contributed by atoms with E-state index in [1.54, 1.807) is 13.0 Å². The summed E-state index contributed by atoms with van der Waals surface area (Å²) in [6.45, 7) is 5.46. The number of benzene rings is 1. The lowest BCUT2D eigenvalue weighted by Crippen LogP contribution is -2.38. The third-order valence-electron chi connectivity index (χ3n) is 4.74. The molecule has 1 fully saturated rings. The first-order valence-electron chi connectivity index (χ1n) is 9.36. The van der Waals surface area contributed by atoms with Crippen LogP contribution in [-0.2, 0) is 9.53 Å². The number of primary amides is 1. The van der Waals surface area contributed by atoms with Crippen molar-refractivity contribution < 1.29 is 27.8 Å². The van der Waals surface area contributed by atoms with Crippen LogP contribution in [0.5, 0.6) is 11.5 Å². The van der Waals surface area contributed by atoms with Crippen LogP contribution in [0.15, 0.2) is 32.0 Å². The van der Waals surface area contributed by atoms with Gasteiger partial charge in [-0.25, -0.2) is 0 Å². The highest BCUT2D eigenvalue weighted by molar-refractivity contribution is 6.06. The van der Waals surface area contributed by atoms with E-state index in [0.717, 1.165) is 13.1 Å². The molecular formula is C20H22N2O7. The Balaban J connectivity index is 1.76. The summed E-state index contributed by atoms with van der Waals surface area (Å²) in [5.74, 6) is 0.293. The zero-order valence-corrected chi connectivity index (χ0v) is 16.1. The van der Waals surface area contributed by atoms with E-state index in [9.17, 15) is 9.59 Å². The van der Waals surface area contributed by atoms with Crippen LogP contribution in [0.25, 0.3) is 21.9 Å². The Bertz CT molecular complexity index is 1100. The number of hydrogen-bond donors (Lipinski definition) is 1. The van der Waals surface area contributed by atoms with Gasteiger partial charge in [0.1, 0.15) is 23.5 Å². The highest BCUT2D eigenvalue weighted by atomic mass is 16.5. The van der Waals surface area contributed by atoms with Gasteiger partial charge in [-0.05, 0) is 13.0 Å². The fourth-order valence-corrected chi connectivity index (χ4v) is 3.41. The van der Waals surface area contributed by atoms with Crippen molar-refractivity contribution in [2.75, 3.05) is 46.1 Å². The molecule has 9 nitrogen and oxygen atoms in total. The smallest absolute Gasteiger partial charge is 0.255 e. The van der Waals surface area contributed by atoms with Crippen molar-refractivity contribution in [3.05, 3.63) is 34.4 Å². The molecule has 2 aromatic heterocycles. The number of ether oxygens (including phenoxy) is 3. The molecule has 0 bridgehead atoms. The number of carbonyl (C=O) groups is 1. The number of fused-ring (bicyclic) bond motifs is 2. The molecule has 0 radical (unpaired) electrons. The molecule has 1 saturated heterocycles. The summed E-state index contributed by atoms with van der Waals surface area (Å²) in [7, 11) is 0. The third-order valence-corrected chi connectivity index (χ3v) is 4.74. The van der Waals surface area contributed by atoms with Gasteiger partial charge in [0.2, 0.25) is 5.75 Å². The molecule has 0 aliphatic carbocycles. The molecule has 1 amide bonds. The minimum Gasteiger partial charge on any atom is -0.485 e. The van der Waals surface area contributed by atoms with E-state index in [1.165, 1.54) is 12.3 Å². The fourth-order valence-electron chi connectivity index (χ4n) is 3.41. The molecule has 0 saturated carbocycles. The summed E-state index contributed by atoms with van der Waals surface area (Å²) in [4.78, 5) is 26.2. The van der Waals surface area contributed by atoms with Crippen LogP contribution >= 0.6 is 0 Å². The second-order valence-electron chi connectivity index (χ2n) is 6.80. The first-order valence-corrected chi connectivity index (χ1v) is 9.36. The second-order valence-corrected chi connectivity index (χ2v) is 6.80. The SMILES string of the molecule is Cc1cc(=O)c2c(OCC(N)=O)c3ccoc3c(OCCN3CCOCC3)c2o1. The maximum atomic E-state index is 12.7. The number of nitrogens with two attached hydrogens (primary N) is 1. The summed E-state index contributed by atoms with van der Waals surface area (Å²) in [5.41, 5.74) is 5.51. The molecular weight excluding hydrogens is 380 g/mol. The number of rotatable bonds is 7. The molecule has 3 aromatic rings. The predicted octanol–water partition coefficient (Wildman–Crippen LogP) is 1.42. The first-order chi connectivity index (χ1) is 14.0. The highest BCUT2D eigenvalue weighted by Crippen LogP contribution is 2.42. The molecule has 0 unspecified atom stereocenters. The Kier molecular flexibility index (Phi) is 5.41. The Hall–Kier alpha value is -3.04. The lowest BCUT2D eigenvalue weighted by Gasteiger charge is -2.26. The number of furan rings is 1. The molecule has 0 spiro atoms. The van der Waals surface area contributed by atoms with Crippen molar-refractivity contribution in [2.45, 2.75) is 6.92 Å². The van der Waals surface area contributed by atoms with Crippen LogP contribution in [-0.4, -0.2) is 56.9 Å². The number of amides is 1. The van der Waals surface area contributed by atoms with Crippen molar-refractivity contribution >= 4 is 27.8 Å². The van der Waals surface area contributed by atoms with Gasteiger partial charge in [-0.1, -0.05) is 0 Å². The lowest BCUT2D eigenvalue weighted by molar-refractivity contribution is -0.119. The van der Waals surface area contributed by atoms with E-state index in [-0.39, 0.29) is 28.8 Å². The molecule has 9 heteroatoms. The van der Waals surface area contributed by atoms with Crippen LogP contribution in [0.1, 0.15) is 5.76 Å². The Morgan fingerprint density at radius 3 is 2.76 bits per heavy atom. The summed E-state index contributed by atoms with van der Waals surface area (Å²) >= 11 is 0. The molecule has 1 aliphatic heterocycles. The first kappa shape index (κ1) is 19.3. The third kappa shape index (κ3) is 3.92. The van der Waals surface area contributed by atoms with Crippen molar-refractivity contribution in [1.82, 2.24) is 4.90 Å². The molecule has 0 atom stereocenters. The minimum absolute atomic E-state index is 0.187. The Morgan fingerprint density at radius 1 is 1.21 bits per heavy atom. The van der Waals surface area contributed by atoms with Crippen molar-refractivity contribution in [2.24, 2.45) is 5.73 Å². The van der Waals surface area contributed by atoms with Gasteiger partial charge in [0, 0.05) is 25.7 Å². The van der Waals surface area contributed by atoms with Crippen LogP contribution in [0.4, 0.5) is 0 Å². The Morgan fingerprint density at radius 2 is 2.00 bits per heavy atom. The molecule has 3 heterocycles. The number of aryl methyl sites for hydroxylation is 1. The van der Waals surface area contributed by atoms with E-state index in [2.05, 4.69) is 4.90 Å². The number of nitrogens with zero attached hydrogens (tertiary/aromatic N) is 1. The van der Waals surface area contributed by atoms with Gasteiger partial charge in [-0.15, -0.1) is 0 Å². The monoisotopic (exact) mass is 402 g/mol. The van der Waals surface area contributed by atoms with Crippen molar-refractivity contribution in [3.8, 4) is 11.5 Å². The standard InChI is InChI=1S/C20H22N2O7/c1-12-10-14(23)16-17(28-11-15(21)24)13-2-6-26-18(13)20(19(16)29-12)27-9-5-22-3-7-25-8-4-22/h2,6,10H,3-5,7-9,11H2,1H3,(H2,21,24). The van der Waals surface area contributed by atoms with E-state index >= 15 is 0 Å². The summed E-state index contributed by atoms with van der Waals surface area (Å²) in [6.07, 6.45) is 1.47. The van der Waals surface area contributed by atoms with Gasteiger partial charge in [0.15, 0.2) is 23.2 Å². The molecule has 2 N–H and O–H groups in total.